The van der Waals surface area contributed by atoms with Crippen LogP contribution in [0, 0.1) is 0 Å². The van der Waals surface area contributed by atoms with Gasteiger partial charge < -0.3 is 15.2 Å². The minimum atomic E-state index is -0.333. The molecule has 0 radical (unpaired) electrons. The lowest BCUT2D eigenvalue weighted by molar-refractivity contribution is 0.0949. The van der Waals surface area contributed by atoms with E-state index in [2.05, 4.69) is 15.6 Å². The number of phenols is 1. The Hall–Kier alpha value is -2.57. The first-order chi connectivity index (χ1) is 9.70. The number of amides is 1. The molecule has 0 unspecified atom stereocenters. The van der Waals surface area contributed by atoms with E-state index < -0.39 is 0 Å². The number of ether oxygens (including phenoxy) is 1. The van der Waals surface area contributed by atoms with Crippen molar-refractivity contribution in [3.05, 3.63) is 36.2 Å². The Bertz CT molecular complexity index is 569. The third kappa shape index (κ3) is 3.47. The molecule has 1 heterocycles. The minimum Gasteiger partial charge on any atom is -0.507 e. The van der Waals surface area contributed by atoms with E-state index in [1.54, 1.807) is 23.1 Å². The highest BCUT2D eigenvalue weighted by Crippen LogP contribution is 2.22. The molecule has 106 valence electrons. The third-order valence-electron chi connectivity index (χ3n) is 2.77. The molecule has 7 heteroatoms. The number of carbonyl (C=O) groups excluding carboxylic acids is 1. The molecule has 7 nitrogen and oxygen atoms in total. The van der Waals surface area contributed by atoms with Crippen LogP contribution in [0.4, 0.5) is 0 Å². The summed E-state index contributed by atoms with van der Waals surface area (Å²) in [5, 5.41) is 19.9. The monoisotopic (exact) mass is 276 g/mol. The number of methoxy groups -OCH3 is 1. The van der Waals surface area contributed by atoms with Crippen molar-refractivity contribution < 1.29 is 14.6 Å². The van der Waals surface area contributed by atoms with Crippen LogP contribution in [0.25, 0.3) is 0 Å². The van der Waals surface area contributed by atoms with E-state index in [-0.39, 0.29) is 17.2 Å². The zero-order chi connectivity index (χ0) is 14.4. The van der Waals surface area contributed by atoms with Crippen LogP contribution in [0.15, 0.2) is 30.6 Å². The van der Waals surface area contributed by atoms with Crippen LogP contribution < -0.4 is 10.1 Å². The van der Waals surface area contributed by atoms with E-state index in [0.29, 0.717) is 18.8 Å². The lowest BCUT2D eigenvalue weighted by Crippen LogP contribution is -2.25. The summed E-state index contributed by atoms with van der Waals surface area (Å²) in [5.41, 5.74) is 0.199. The van der Waals surface area contributed by atoms with E-state index in [1.165, 1.54) is 19.2 Å². The minimum absolute atomic E-state index is 0.0698. The summed E-state index contributed by atoms with van der Waals surface area (Å²) in [6.07, 6.45) is 4.09. The highest BCUT2D eigenvalue weighted by Gasteiger charge is 2.11. The molecule has 0 atom stereocenters. The highest BCUT2D eigenvalue weighted by molar-refractivity contribution is 5.97. The average Bonchev–Trinajstić information content (AvgIpc) is 2.97. The molecule has 0 saturated carbocycles. The fraction of sp³-hybridized carbons (Fsp3) is 0.308. The van der Waals surface area contributed by atoms with Crippen LogP contribution in [-0.2, 0) is 6.54 Å². The van der Waals surface area contributed by atoms with Crippen molar-refractivity contribution >= 4 is 5.91 Å². The van der Waals surface area contributed by atoms with E-state index in [1.807, 2.05) is 0 Å². The predicted octanol–water partition coefficient (Wildman–Crippen LogP) is 0.812. The van der Waals surface area contributed by atoms with Gasteiger partial charge in [-0.05, 0) is 24.6 Å². The number of aromatic nitrogens is 3. The van der Waals surface area contributed by atoms with Gasteiger partial charge >= 0.3 is 0 Å². The zero-order valence-electron chi connectivity index (χ0n) is 11.1. The molecule has 0 aliphatic heterocycles. The Morgan fingerprint density at radius 3 is 3.05 bits per heavy atom. The van der Waals surface area contributed by atoms with Crippen molar-refractivity contribution in [3.63, 3.8) is 0 Å². The number of benzene rings is 1. The van der Waals surface area contributed by atoms with E-state index in [4.69, 9.17) is 4.74 Å². The van der Waals surface area contributed by atoms with Crippen LogP contribution in [-0.4, -0.2) is 39.7 Å². The molecule has 1 aromatic heterocycles. The molecule has 0 aliphatic rings. The first-order valence-corrected chi connectivity index (χ1v) is 6.20. The maximum Gasteiger partial charge on any atom is 0.255 e. The summed E-state index contributed by atoms with van der Waals surface area (Å²) in [7, 11) is 1.51. The molecule has 2 aromatic rings. The van der Waals surface area contributed by atoms with Crippen molar-refractivity contribution in [3.8, 4) is 11.5 Å². The topological polar surface area (TPSA) is 89.3 Å². The van der Waals surface area contributed by atoms with Gasteiger partial charge in [-0.2, -0.15) is 0 Å². The molecule has 1 amide bonds. The van der Waals surface area contributed by atoms with Gasteiger partial charge in [-0.3, -0.25) is 9.48 Å². The number of hydrogen-bond donors (Lipinski definition) is 2. The first kappa shape index (κ1) is 13.9. The second-order valence-electron chi connectivity index (χ2n) is 4.16. The number of hydrogen-bond acceptors (Lipinski definition) is 5. The first-order valence-electron chi connectivity index (χ1n) is 6.20. The van der Waals surface area contributed by atoms with Gasteiger partial charge in [-0.25, -0.2) is 0 Å². The van der Waals surface area contributed by atoms with Crippen LogP contribution >= 0.6 is 0 Å². The summed E-state index contributed by atoms with van der Waals surface area (Å²) in [5.74, 6) is 0.120. The molecule has 2 rings (SSSR count). The number of nitrogens with zero attached hydrogens (tertiary/aromatic N) is 3. The second-order valence-corrected chi connectivity index (χ2v) is 4.16. The third-order valence-corrected chi connectivity index (χ3v) is 2.77. The molecule has 0 saturated heterocycles. The molecule has 0 bridgehead atoms. The Balaban J connectivity index is 1.85. The summed E-state index contributed by atoms with van der Waals surface area (Å²) in [4.78, 5) is 11.9. The fourth-order valence-corrected chi connectivity index (χ4v) is 1.71. The highest BCUT2D eigenvalue weighted by atomic mass is 16.5. The van der Waals surface area contributed by atoms with Gasteiger partial charge in [0.15, 0.2) is 0 Å². The smallest absolute Gasteiger partial charge is 0.255 e. The van der Waals surface area contributed by atoms with Crippen LogP contribution in [0.2, 0.25) is 0 Å². The Kier molecular flexibility index (Phi) is 4.54. The van der Waals surface area contributed by atoms with Crippen molar-refractivity contribution in [1.82, 2.24) is 20.3 Å². The van der Waals surface area contributed by atoms with Crippen molar-refractivity contribution in [2.24, 2.45) is 0 Å². The maximum atomic E-state index is 11.9. The van der Waals surface area contributed by atoms with E-state index >= 15 is 0 Å². The van der Waals surface area contributed by atoms with Gasteiger partial charge in [0.2, 0.25) is 0 Å². The van der Waals surface area contributed by atoms with Crippen LogP contribution in [0.1, 0.15) is 16.8 Å². The standard InChI is InChI=1S/C13H16N4O3/c1-20-10-3-4-12(18)11(9-10)13(19)14-5-2-7-17-8-6-15-16-17/h3-4,6,8-9,18H,2,5,7H2,1H3,(H,14,19). The molecule has 0 aliphatic carbocycles. The van der Waals surface area contributed by atoms with Crippen LogP contribution in [0.3, 0.4) is 0 Å². The molecule has 2 N–H and O–H groups in total. The maximum absolute atomic E-state index is 11.9. The lowest BCUT2D eigenvalue weighted by atomic mass is 10.1. The van der Waals surface area contributed by atoms with E-state index in [0.717, 1.165) is 6.42 Å². The van der Waals surface area contributed by atoms with Gasteiger partial charge in [-0.15, -0.1) is 5.10 Å². The van der Waals surface area contributed by atoms with Crippen molar-refractivity contribution in [1.29, 1.82) is 0 Å². The second kappa shape index (κ2) is 6.55. The lowest BCUT2D eigenvalue weighted by Gasteiger charge is -2.08. The van der Waals surface area contributed by atoms with Crippen molar-refractivity contribution in [2.45, 2.75) is 13.0 Å². The molecule has 0 fully saturated rings. The largest absolute Gasteiger partial charge is 0.507 e. The Morgan fingerprint density at radius 1 is 1.50 bits per heavy atom. The van der Waals surface area contributed by atoms with Gasteiger partial charge in [0.05, 0.1) is 18.9 Å². The van der Waals surface area contributed by atoms with Gasteiger partial charge in [0, 0.05) is 19.3 Å². The number of carbonyl (C=O) groups is 1. The van der Waals surface area contributed by atoms with Crippen LogP contribution in [0.5, 0.6) is 11.5 Å². The summed E-state index contributed by atoms with van der Waals surface area (Å²) in [6, 6.07) is 4.53. The van der Waals surface area contributed by atoms with E-state index in [9.17, 15) is 9.90 Å². The quantitative estimate of drug-likeness (QED) is 0.762. The molecule has 20 heavy (non-hydrogen) atoms. The predicted molar refractivity (Wildman–Crippen MR) is 71.6 cm³/mol. The molecular formula is C13H16N4O3. The zero-order valence-corrected chi connectivity index (χ0v) is 11.1. The SMILES string of the molecule is COc1ccc(O)c(C(=O)NCCCn2ccnn2)c1. The normalized spacial score (nSPS) is 10.2. The molecule has 0 spiro atoms. The van der Waals surface area contributed by atoms with Gasteiger partial charge in [0.1, 0.15) is 11.5 Å². The number of aromatic hydroxyl groups is 1. The van der Waals surface area contributed by atoms with Gasteiger partial charge in [0.25, 0.3) is 5.91 Å². The molecule has 1 aromatic carbocycles. The number of aryl methyl sites for hydroxylation is 1. The molecular weight excluding hydrogens is 260 g/mol. The summed E-state index contributed by atoms with van der Waals surface area (Å²) >= 11 is 0. The summed E-state index contributed by atoms with van der Waals surface area (Å²) < 4.78 is 6.71. The van der Waals surface area contributed by atoms with Gasteiger partial charge in [-0.1, -0.05) is 5.21 Å². The Morgan fingerprint density at radius 2 is 2.35 bits per heavy atom. The fourth-order valence-electron chi connectivity index (χ4n) is 1.71. The number of rotatable bonds is 6. The van der Waals surface area contributed by atoms with Crippen molar-refractivity contribution in [2.75, 3.05) is 13.7 Å². The Labute approximate surface area is 116 Å². The number of nitrogens with one attached hydrogen (secondary N) is 1. The number of phenolic OH excluding ortho intramolecular Hbond substituents is 1. The average molecular weight is 276 g/mol. The summed E-state index contributed by atoms with van der Waals surface area (Å²) in [6.45, 7) is 1.15.